The van der Waals surface area contributed by atoms with Gasteiger partial charge in [-0.05, 0) is 19.1 Å². The summed E-state index contributed by atoms with van der Waals surface area (Å²) in [6, 6.07) is 3.65. The van der Waals surface area contributed by atoms with Gasteiger partial charge in [0.2, 0.25) is 0 Å². The zero-order valence-corrected chi connectivity index (χ0v) is 8.34. The van der Waals surface area contributed by atoms with Crippen molar-refractivity contribution in [1.82, 2.24) is 5.73 Å². The fourth-order valence-corrected chi connectivity index (χ4v) is 1.60. The summed E-state index contributed by atoms with van der Waals surface area (Å²) < 4.78 is 35.5. The second-order valence-electron chi connectivity index (χ2n) is 2.57. The summed E-state index contributed by atoms with van der Waals surface area (Å²) in [4.78, 5) is -0.310. The smallest absolute Gasteiger partial charge is 0.298 e. The summed E-state index contributed by atoms with van der Waals surface area (Å²) in [5, 5.41) is 0. The van der Waals surface area contributed by atoms with E-state index in [-0.39, 0.29) is 22.9 Å². The molecule has 1 aromatic rings. The summed E-state index contributed by atoms with van der Waals surface area (Å²) in [6.07, 6.45) is 0. The summed E-state index contributed by atoms with van der Waals surface area (Å²) in [7, 11) is -4.28. The van der Waals surface area contributed by atoms with Crippen LogP contribution in [0.25, 0.3) is 0 Å². The standard InChI is InChI=1S/C8H10NO4S/c1-2-13-7-5-6(9)3-4-8(7)14(10,11)12/h3-5,9H,2H2,1H3,(H,10,11,12). The normalized spacial score (nSPS) is 11.3. The Balaban J connectivity index is 3.29. The zero-order chi connectivity index (χ0) is 10.8. The quantitative estimate of drug-likeness (QED) is 0.770. The van der Waals surface area contributed by atoms with Crippen molar-refractivity contribution < 1.29 is 17.7 Å². The minimum Gasteiger partial charge on any atom is -0.492 e. The van der Waals surface area contributed by atoms with Gasteiger partial charge in [0.1, 0.15) is 10.6 Å². The highest BCUT2D eigenvalue weighted by Gasteiger charge is 2.16. The SMILES string of the molecule is CCOc1cc([NH])ccc1S(=O)(=O)O. The first-order chi connectivity index (χ1) is 6.45. The fraction of sp³-hybridized carbons (Fsp3) is 0.250. The molecule has 0 unspecified atom stereocenters. The van der Waals surface area contributed by atoms with Crippen molar-refractivity contribution in [1.29, 1.82) is 0 Å². The van der Waals surface area contributed by atoms with E-state index in [4.69, 9.17) is 15.0 Å². The van der Waals surface area contributed by atoms with Crippen LogP contribution < -0.4 is 10.5 Å². The molecule has 0 spiro atoms. The molecule has 0 heterocycles. The fourth-order valence-electron chi connectivity index (χ4n) is 0.989. The van der Waals surface area contributed by atoms with Crippen LogP contribution >= 0.6 is 0 Å². The number of nitrogens with one attached hydrogen (secondary N) is 1. The first-order valence-electron chi connectivity index (χ1n) is 3.91. The summed E-state index contributed by atoms with van der Waals surface area (Å²) in [6.45, 7) is 1.95. The van der Waals surface area contributed by atoms with Gasteiger partial charge in [0.05, 0.1) is 12.3 Å². The van der Waals surface area contributed by atoms with E-state index in [2.05, 4.69) is 0 Å². The molecular formula is C8H10NO4S. The van der Waals surface area contributed by atoms with Crippen molar-refractivity contribution in [2.45, 2.75) is 11.8 Å². The van der Waals surface area contributed by atoms with Crippen LogP contribution in [0.15, 0.2) is 23.1 Å². The van der Waals surface area contributed by atoms with E-state index < -0.39 is 10.1 Å². The monoisotopic (exact) mass is 216 g/mol. The van der Waals surface area contributed by atoms with E-state index in [1.165, 1.54) is 12.1 Å². The van der Waals surface area contributed by atoms with Crippen molar-refractivity contribution >= 4 is 15.8 Å². The molecule has 0 atom stereocenters. The Morgan fingerprint density at radius 3 is 2.64 bits per heavy atom. The Bertz CT molecular complexity index is 427. The zero-order valence-electron chi connectivity index (χ0n) is 7.52. The lowest BCUT2D eigenvalue weighted by Gasteiger charge is -2.07. The molecule has 1 rings (SSSR count). The van der Waals surface area contributed by atoms with Gasteiger partial charge in [-0.3, -0.25) is 4.55 Å². The largest absolute Gasteiger partial charge is 0.492 e. The number of ether oxygens (including phenoxy) is 1. The van der Waals surface area contributed by atoms with E-state index in [1.54, 1.807) is 6.92 Å². The Kier molecular flexibility index (Phi) is 2.97. The maximum atomic E-state index is 10.9. The molecule has 77 valence electrons. The van der Waals surface area contributed by atoms with E-state index in [9.17, 15) is 8.42 Å². The van der Waals surface area contributed by atoms with E-state index >= 15 is 0 Å². The van der Waals surface area contributed by atoms with Gasteiger partial charge >= 0.3 is 0 Å². The van der Waals surface area contributed by atoms with Crippen LogP contribution in [0.3, 0.4) is 0 Å². The summed E-state index contributed by atoms with van der Waals surface area (Å²) in [5.41, 5.74) is 7.38. The summed E-state index contributed by atoms with van der Waals surface area (Å²) >= 11 is 0. The van der Waals surface area contributed by atoms with Gasteiger partial charge in [-0.2, -0.15) is 8.42 Å². The maximum absolute atomic E-state index is 10.9. The number of rotatable bonds is 3. The second-order valence-corrected chi connectivity index (χ2v) is 3.96. The highest BCUT2D eigenvalue weighted by Crippen LogP contribution is 2.26. The van der Waals surface area contributed by atoms with E-state index in [1.807, 2.05) is 0 Å². The van der Waals surface area contributed by atoms with E-state index in [0.717, 1.165) is 6.07 Å². The van der Waals surface area contributed by atoms with Crippen LogP contribution in [0.1, 0.15) is 6.92 Å². The van der Waals surface area contributed by atoms with Crippen molar-refractivity contribution in [3.8, 4) is 5.75 Å². The molecule has 14 heavy (non-hydrogen) atoms. The minimum atomic E-state index is -4.28. The van der Waals surface area contributed by atoms with Crippen LogP contribution in [0.5, 0.6) is 5.75 Å². The number of hydrogen-bond acceptors (Lipinski definition) is 3. The molecule has 1 aromatic carbocycles. The second kappa shape index (κ2) is 3.85. The van der Waals surface area contributed by atoms with Crippen molar-refractivity contribution in [2.75, 3.05) is 6.61 Å². The van der Waals surface area contributed by atoms with Crippen LogP contribution in [-0.4, -0.2) is 19.6 Å². The molecule has 0 amide bonds. The molecule has 0 aliphatic carbocycles. The molecule has 0 bridgehead atoms. The molecule has 1 radical (unpaired) electrons. The predicted octanol–water partition coefficient (Wildman–Crippen LogP) is 1.25. The van der Waals surface area contributed by atoms with Gasteiger partial charge < -0.3 is 10.5 Å². The lowest BCUT2D eigenvalue weighted by molar-refractivity contribution is 0.329. The summed E-state index contributed by atoms with van der Waals surface area (Å²) in [5.74, 6) is 0.00231. The molecule has 0 aliphatic rings. The predicted molar refractivity (Wildman–Crippen MR) is 50.2 cm³/mol. The topological polar surface area (TPSA) is 87.4 Å². The molecule has 0 saturated heterocycles. The average Bonchev–Trinajstić information content (AvgIpc) is 2.02. The third-order valence-corrected chi connectivity index (χ3v) is 2.41. The highest BCUT2D eigenvalue weighted by molar-refractivity contribution is 7.86. The van der Waals surface area contributed by atoms with Crippen LogP contribution in [0.4, 0.5) is 5.69 Å². The lowest BCUT2D eigenvalue weighted by atomic mass is 10.3. The molecule has 5 nitrogen and oxygen atoms in total. The lowest BCUT2D eigenvalue weighted by Crippen LogP contribution is -2.03. The third kappa shape index (κ3) is 2.36. The molecule has 0 saturated carbocycles. The van der Waals surface area contributed by atoms with E-state index in [0.29, 0.717) is 0 Å². The van der Waals surface area contributed by atoms with Gasteiger partial charge in [0, 0.05) is 6.07 Å². The molecule has 6 heteroatoms. The van der Waals surface area contributed by atoms with Crippen molar-refractivity contribution in [3.05, 3.63) is 18.2 Å². The number of hydrogen-bond donors (Lipinski definition) is 1. The first-order valence-corrected chi connectivity index (χ1v) is 5.35. The molecule has 0 fully saturated rings. The first kappa shape index (κ1) is 10.8. The molecule has 2 N–H and O–H groups in total. The van der Waals surface area contributed by atoms with Gasteiger partial charge in [-0.1, -0.05) is 0 Å². The molecule has 0 aliphatic heterocycles. The van der Waals surface area contributed by atoms with Gasteiger partial charge in [0.25, 0.3) is 10.1 Å². The molecular weight excluding hydrogens is 206 g/mol. The Hall–Kier alpha value is -1.27. The average molecular weight is 216 g/mol. The van der Waals surface area contributed by atoms with Crippen LogP contribution in [0.2, 0.25) is 0 Å². The van der Waals surface area contributed by atoms with Gasteiger partial charge in [-0.15, -0.1) is 0 Å². The van der Waals surface area contributed by atoms with Crippen LogP contribution in [-0.2, 0) is 10.1 Å². The Labute approximate surface area is 82.2 Å². The third-order valence-electron chi connectivity index (χ3n) is 1.52. The van der Waals surface area contributed by atoms with Gasteiger partial charge in [-0.25, -0.2) is 0 Å². The Morgan fingerprint density at radius 1 is 1.50 bits per heavy atom. The van der Waals surface area contributed by atoms with Gasteiger partial charge in [0.15, 0.2) is 0 Å². The van der Waals surface area contributed by atoms with Crippen molar-refractivity contribution in [2.24, 2.45) is 0 Å². The minimum absolute atomic E-state index is 0.00231. The molecule has 0 aromatic heterocycles. The Morgan fingerprint density at radius 2 is 2.14 bits per heavy atom. The number of benzene rings is 1. The highest BCUT2D eigenvalue weighted by atomic mass is 32.2. The van der Waals surface area contributed by atoms with Crippen molar-refractivity contribution in [3.63, 3.8) is 0 Å². The van der Waals surface area contributed by atoms with Crippen LogP contribution in [0, 0.1) is 0 Å². The maximum Gasteiger partial charge on any atom is 0.298 e.